The molecule has 0 aliphatic heterocycles. The number of hydrogen-bond acceptors (Lipinski definition) is 0. The third-order valence-corrected chi connectivity index (χ3v) is 5.11. The van der Waals surface area contributed by atoms with Crippen molar-refractivity contribution < 1.29 is 0 Å². The maximum Gasteiger partial charge on any atom is 0.00238 e. The van der Waals surface area contributed by atoms with Crippen LogP contribution in [0.5, 0.6) is 0 Å². The highest BCUT2D eigenvalue weighted by Gasteiger charge is 2.31. The molecule has 0 aromatic carbocycles. The van der Waals surface area contributed by atoms with Gasteiger partial charge in [-0.1, -0.05) is 48.3 Å². The molecule has 1 heteroatoms. The van der Waals surface area contributed by atoms with E-state index >= 15 is 0 Å². The molecule has 0 N–H and O–H groups in total. The molecule has 0 nitrogen and oxygen atoms in total. The van der Waals surface area contributed by atoms with Crippen molar-refractivity contribution >= 4 is 22.6 Å². The van der Waals surface area contributed by atoms with Crippen molar-refractivity contribution in [1.82, 2.24) is 0 Å². The normalized spacial score (nSPS) is 42.2. The van der Waals surface area contributed by atoms with E-state index in [9.17, 15) is 0 Å². The Balaban J connectivity index is 1.90. The smallest absolute Gasteiger partial charge is 0.00238 e. The Morgan fingerprint density at radius 2 is 1.67 bits per heavy atom. The lowest BCUT2D eigenvalue weighted by Crippen LogP contribution is -2.28. The summed E-state index contributed by atoms with van der Waals surface area (Å²) in [5.41, 5.74) is 0. The highest BCUT2D eigenvalue weighted by molar-refractivity contribution is 14.1. The van der Waals surface area contributed by atoms with Crippen molar-refractivity contribution in [1.29, 1.82) is 0 Å². The van der Waals surface area contributed by atoms with Crippen LogP contribution >= 0.6 is 22.6 Å². The average Bonchev–Trinajstić information content (AvgIpc) is 2.17. The maximum absolute atomic E-state index is 2.57. The van der Waals surface area contributed by atoms with E-state index in [0.717, 1.165) is 17.8 Å². The Bertz CT molecular complexity index is 144. The molecule has 0 saturated heterocycles. The molecular formula is C11H19I. The first-order valence-electron chi connectivity index (χ1n) is 5.46. The van der Waals surface area contributed by atoms with Gasteiger partial charge in [0.2, 0.25) is 0 Å². The molecule has 0 unspecified atom stereocenters. The summed E-state index contributed by atoms with van der Waals surface area (Å²) in [5.74, 6) is 3.34. The van der Waals surface area contributed by atoms with Gasteiger partial charge in [0.25, 0.3) is 0 Å². The van der Waals surface area contributed by atoms with E-state index in [1.807, 2.05) is 0 Å². The molecule has 0 aromatic heterocycles. The zero-order chi connectivity index (χ0) is 8.39. The van der Waals surface area contributed by atoms with Crippen LogP contribution in [0, 0.1) is 17.8 Å². The molecule has 2 fully saturated rings. The van der Waals surface area contributed by atoms with Crippen LogP contribution in [0.2, 0.25) is 0 Å². The van der Waals surface area contributed by atoms with Crippen LogP contribution in [0.4, 0.5) is 0 Å². The van der Waals surface area contributed by atoms with Gasteiger partial charge < -0.3 is 0 Å². The largest absolute Gasteiger partial charge is 0.0861 e. The molecule has 70 valence electrons. The topological polar surface area (TPSA) is 0 Å². The lowest BCUT2D eigenvalue weighted by molar-refractivity contribution is 0.140. The first kappa shape index (κ1) is 9.29. The van der Waals surface area contributed by atoms with Crippen LogP contribution in [-0.4, -0.2) is 4.43 Å². The van der Waals surface area contributed by atoms with E-state index in [2.05, 4.69) is 22.6 Å². The van der Waals surface area contributed by atoms with Gasteiger partial charge in [-0.15, -0.1) is 0 Å². The lowest BCUT2D eigenvalue weighted by Gasteiger charge is -2.38. The summed E-state index contributed by atoms with van der Waals surface area (Å²) in [6.45, 7) is 0. The van der Waals surface area contributed by atoms with Crippen molar-refractivity contribution in [2.45, 2.75) is 44.9 Å². The summed E-state index contributed by atoms with van der Waals surface area (Å²) < 4.78 is 1.40. The van der Waals surface area contributed by atoms with E-state index in [-0.39, 0.29) is 0 Å². The molecule has 12 heavy (non-hydrogen) atoms. The monoisotopic (exact) mass is 278 g/mol. The summed E-state index contributed by atoms with van der Waals surface area (Å²) in [4.78, 5) is 0. The molecule has 0 radical (unpaired) electrons. The summed E-state index contributed by atoms with van der Waals surface area (Å²) >= 11 is 2.57. The average molecular weight is 278 g/mol. The zero-order valence-electron chi connectivity index (χ0n) is 7.77. The van der Waals surface area contributed by atoms with Gasteiger partial charge in [0, 0.05) is 4.43 Å². The van der Waals surface area contributed by atoms with Crippen molar-refractivity contribution in [2.75, 3.05) is 4.43 Å². The van der Waals surface area contributed by atoms with E-state index in [1.54, 1.807) is 25.7 Å². The Morgan fingerprint density at radius 3 is 2.42 bits per heavy atom. The molecule has 0 bridgehead atoms. The second-order valence-electron chi connectivity index (χ2n) is 4.64. The minimum Gasteiger partial charge on any atom is -0.0861 e. The molecule has 0 aromatic rings. The number of alkyl halides is 1. The fourth-order valence-electron chi connectivity index (χ4n) is 3.11. The minimum absolute atomic E-state index is 1.07. The molecule has 2 aliphatic carbocycles. The van der Waals surface area contributed by atoms with Crippen molar-refractivity contribution in [3.05, 3.63) is 0 Å². The van der Waals surface area contributed by atoms with Crippen LogP contribution in [0.1, 0.15) is 44.9 Å². The highest BCUT2D eigenvalue weighted by atomic mass is 127. The van der Waals surface area contributed by atoms with Gasteiger partial charge in [-0.25, -0.2) is 0 Å². The van der Waals surface area contributed by atoms with Gasteiger partial charge >= 0.3 is 0 Å². The molecule has 2 saturated carbocycles. The molecule has 3 atom stereocenters. The second kappa shape index (κ2) is 4.30. The number of rotatable bonds is 1. The van der Waals surface area contributed by atoms with E-state index < -0.39 is 0 Å². The molecule has 2 rings (SSSR count). The van der Waals surface area contributed by atoms with Crippen LogP contribution < -0.4 is 0 Å². The molecule has 2 aliphatic rings. The van der Waals surface area contributed by atoms with Gasteiger partial charge in [-0.05, 0) is 37.0 Å². The predicted octanol–water partition coefficient (Wildman–Crippen LogP) is 4.03. The van der Waals surface area contributed by atoms with Crippen LogP contribution in [0.15, 0.2) is 0 Å². The summed E-state index contributed by atoms with van der Waals surface area (Å²) in [5, 5.41) is 0. The van der Waals surface area contributed by atoms with Crippen LogP contribution in [0.25, 0.3) is 0 Å². The van der Waals surface area contributed by atoms with Gasteiger partial charge in [0.15, 0.2) is 0 Å². The van der Waals surface area contributed by atoms with Gasteiger partial charge in [-0.3, -0.25) is 0 Å². The molecular weight excluding hydrogens is 259 g/mol. The Labute approximate surface area is 89.6 Å². The van der Waals surface area contributed by atoms with Gasteiger partial charge in [0.05, 0.1) is 0 Å². The SMILES string of the molecule is IC[C@H]1CC[C@@H]2CCCC[C@@H]2C1. The van der Waals surface area contributed by atoms with Crippen LogP contribution in [0.3, 0.4) is 0 Å². The third-order valence-electron chi connectivity index (χ3n) is 3.87. The van der Waals surface area contributed by atoms with Crippen LogP contribution in [-0.2, 0) is 0 Å². The highest BCUT2D eigenvalue weighted by Crippen LogP contribution is 2.42. The van der Waals surface area contributed by atoms with E-state index in [4.69, 9.17) is 0 Å². The first-order valence-corrected chi connectivity index (χ1v) is 6.98. The number of halogens is 1. The summed E-state index contributed by atoms with van der Waals surface area (Å²) in [7, 11) is 0. The molecule has 0 spiro atoms. The molecule has 0 heterocycles. The van der Waals surface area contributed by atoms with E-state index in [1.165, 1.54) is 23.7 Å². The summed E-state index contributed by atoms with van der Waals surface area (Å²) in [6.07, 6.45) is 10.8. The Hall–Kier alpha value is 0.730. The molecule has 0 amide bonds. The third kappa shape index (κ3) is 1.97. The second-order valence-corrected chi connectivity index (χ2v) is 5.52. The van der Waals surface area contributed by atoms with Gasteiger partial charge in [0.1, 0.15) is 0 Å². The lowest BCUT2D eigenvalue weighted by atomic mass is 9.68. The minimum atomic E-state index is 1.07. The van der Waals surface area contributed by atoms with E-state index in [0.29, 0.717) is 0 Å². The predicted molar refractivity (Wildman–Crippen MR) is 61.7 cm³/mol. The Morgan fingerprint density at radius 1 is 0.917 bits per heavy atom. The fraction of sp³-hybridized carbons (Fsp3) is 1.00. The Kier molecular flexibility index (Phi) is 3.33. The van der Waals surface area contributed by atoms with Crippen molar-refractivity contribution in [2.24, 2.45) is 17.8 Å². The van der Waals surface area contributed by atoms with Crippen molar-refractivity contribution in [3.8, 4) is 0 Å². The summed E-state index contributed by atoms with van der Waals surface area (Å²) in [6, 6.07) is 0. The standard InChI is InChI=1S/C11H19I/c12-8-9-5-6-10-3-1-2-4-11(10)7-9/h9-11H,1-8H2/t9-,10-,11+/m0/s1. The first-order chi connectivity index (χ1) is 5.90. The number of fused-ring (bicyclic) bond motifs is 1. The van der Waals surface area contributed by atoms with Gasteiger partial charge in [-0.2, -0.15) is 0 Å². The quantitative estimate of drug-likeness (QED) is 0.502. The number of hydrogen-bond donors (Lipinski definition) is 0. The fourth-order valence-corrected chi connectivity index (χ4v) is 3.91. The maximum atomic E-state index is 2.57. The zero-order valence-corrected chi connectivity index (χ0v) is 9.92. The van der Waals surface area contributed by atoms with Crippen molar-refractivity contribution in [3.63, 3.8) is 0 Å².